The molecule has 0 aliphatic heterocycles. The van der Waals surface area contributed by atoms with Gasteiger partial charge in [0.25, 0.3) is 0 Å². The zero-order valence-corrected chi connectivity index (χ0v) is 22.8. The minimum absolute atomic E-state index is 0.0178. The van der Waals surface area contributed by atoms with E-state index in [0.29, 0.717) is 27.0 Å². The third-order valence-electron chi connectivity index (χ3n) is 4.87. The van der Waals surface area contributed by atoms with Gasteiger partial charge in [0, 0.05) is 18.0 Å². The van der Waals surface area contributed by atoms with Gasteiger partial charge < -0.3 is 14.8 Å². The van der Waals surface area contributed by atoms with E-state index < -0.39 is 23.9 Å². The number of nitrogens with two attached hydrogens (primary N) is 1. The molecule has 0 bridgehead atoms. The molecule has 1 atom stereocenters. The fourth-order valence-electron chi connectivity index (χ4n) is 3.09. The molecule has 2 aromatic carbocycles. The first-order valence-electron chi connectivity index (χ1n) is 11.4. The normalized spacial score (nSPS) is 12.1. The summed E-state index contributed by atoms with van der Waals surface area (Å²) in [6.45, 7) is 6.60. The Bertz CT molecular complexity index is 1140. The van der Waals surface area contributed by atoms with Gasteiger partial charge in [0.2, 0.25) is 11.9 Å². The molecule has 0 spiro atoms. The molecule has 0 fully saturated rings. The number of ether oxygens (including phenoxy) is 2. The smallest absolute Gasteiger partial charge is 0.324 e. The lowest BCUT2D eigenvalue weighted by atomic mass is 10.2. The molecular formula is C25H31Cl2N5O5. The van der Waals surface area contributed by atoms with Crippen molar-refractivity contribution in [2.45, 2.75) is 52.8 Å². The summed E-state index contributed by atoms with van der Waals surface area (Å²) >= 11 is 12.4. The lowest BCUT2D eigenvalue weighted by Crippen LogP contribution is -2.55. The van der Waals surface area contributed by atoms with Gasteiger partial charge in [-0.1, -0.05) is 35.3 Å². The molecule has 3 amide bonds. The van der Waals surface area contributed by atoms with Gasteiger partial charge in [0.1, 0.15) is 5.75 Å². The Morgan fingerprint density at radius 3 is 2.27 bits per heavy atom. The Hall–Kier alpha value is -3.34. The molecule has 0 saturated heterocycles. The fourth-order valence-corrected chi connectivity index (χ4v) is 3.43. The van der Waals surface area contributed by atoms with Crippen LogP contribution in [-0.4, -0.2) is 53.0 Å². The number of esters is 1. The van der Waals surface area contributed by atoms with Gasteiger partial charge in [-0.2, -0.15) is 0 Å². The summed E-state index contributed by atoms with van der Waals surface area (Å²) < 4.78 is 10.3. The van der Waals surface area contributed by atoms with Gasteiger partial charge >= 0.3 is 12.0 Å². The topological polar surface area (TPSA) is 127 Å². The summed E-state index contributed by atoms with van der Waals surface area (Å²) in [5.74, 6) is 5.30. The molecule has 0 heterocycles. The second-order valence-electron chi connectivity index (χ2n) is 8.43. The largest absolute Gasteiger partial charge is 0.489 e. The van der Waals surface area contributed by atoms with Gasteiger partial charge in [-0.25, -0.2) is 20.6 Å². The first-order chi connectivity index (χ1) is 17.4. The van der Waals surface area contributed by atoms with Crippen LogP contribution >= 0.6 is 23.2 Å². The van der Waals surface area contributed by atoms with Gasteiger partial charge in [0.05, 0.1) is 36.9 Å². The Morgan fingerprint density at radius 2 is 1.73 bits per heavy atom. The maximum Gasteiger partial charge on any atom is 0.324 e. The van der Waals surface area contributed by atoms with Crippen molar-refractivity contribution in [1.82, 2.24) is 15.2 Å². The summed E-state index contributed by atoms with van der Waals surface area (Å²) in [5.41, 5.74) is 1.01. The molecule has 2 rings (SSSR count). The van der Waals surface area contributed by atoms with Gasteiger partial charge in [0.15, 0.2) is 0 Å². The zero-order chi connectivity index (χ0) is 27.7. The number of nitrogens with zero attached hydrogens (tertiary/aromatic N) is 3. The van der Waals surface area contributed by atoms with Crippen LogP contribution in [0.2, 0.25) is 10.0 Å². The SMILES string of the molecule is COC(=O)C[C@@H](C)NC(=O)N(Cc1ccc(Cl)cc1)C(=Nc1ccc(OC(C)C)c(Cl)c1)N(N)C(C)=O. The number of hydrogen-bond acceptors (Lipinski definition) is 7. The third-order valence-corrected chi connectivity index (χ3v) is 5.42. The molecule has 2 aromatic rings. The summed E-state index contributed by atoms with van der Waals surface area (Å²) in [5, 5.41) is 4.28. The standard InChI is InChI=1S/C25H31Cl2N5O5/c1-15(2)37-22-11-10-20(13-21(22)27)30-24(32(28)17(4)33)31(14-18-6-8-19(26)9-7-18)25(35)29-16(3)12-23(34)36-5/h6-11,13,15-16H,12,14,28H2,1-5H3,(H,29,35)/t16-/m1/s1. The highest BCUT2D eigenvalue weighted by atomic mass is 35.5. The number of benzene rings is 2. The lowest BCUT2D eigenvalue weighted by Gasteiger charge is -2.30. The van der Waals surface area contributed by atoms with Crippen LogP contribution in [0.3, 0.4) is 0 Å². The predicted molar refractivity (Wildman–Crippen MR) is 143 cm³/mol. The number of nitrogens with one attached hydrogen (secondary N) is 1. The number of aliphatic imine (C=N–C) groups is 1. The van der Waals surface area contributed by atoms with Crippen LogP contribution < -0.4 is 15.9 Å². The quantitative estimate of drug-likeness (QED) is 0.123. The van der Waals surface area contributed by atoms with Crippen molar-refractivity contribution < 1.29 is 23.9 Å². The zero-order valence-electron chi connectivity index (χ0n) is 21.3. The number of methoxy groups -OCH3 is 1. The van der Waals surface area contributed by atoms with Crippen molar-refractivity contribution in [3.8, 4) is 5.75 Å². The Balaban J connectivity index is 2.53. The number of hydrazine groups is 1. The van der Waals surface area contributed by atoms with E-state index in [1.165, 1.54) is 25.0 Å². The van der Waals surface area contributed by atoms with E-state index in [1.807, 2.05) is 13.8 Å². The van der Waals surface area contributed by atoms with Crippen molar-refractivity contribution in [2.75, 3.05) is 7.11 Å². The van der Waals surface area contributed by atoms with Crippen LogP contribution in [0.1, 0.15) is 39.7 Å². The number of guanidine groups is 1. The molecule has 0 aromatic heterocycles. The summed E-state index contributed by atoms with van der Waals surface area (Å²) in [4.78, 5) is 43.0. The fraction of sp³-hybridized carbons (Fsp3) is 0.360. The Morgan fingerprint density at radius 1 is 1.08 bits per heavy atom. The maximum atomic E-state index is 13.4. The third kappa shape index (κ3) is 9.23. The number of rotatable bonds is 8. The Kier molecular flexibility index (Phi) is 11.2. The first kappa shape index (κ1) is 29.9. The van der Waals surface area contributed by atoms with Crippen LogP contribution in [0.4, 0.5) is 10.5 Å². The number of hydrogen-bond donors (Lipinski definition) is 2. The number of amides is 3. The van der Waals surface area contributed by atoms with Gasteiger partial charge in [-0.15, -0.1) is 0 Å². The molecule has 10 nitrogen and oxygen atoms in total. The highest BCUT2D eigenvalue weighted by Gasteiger charge is 2.27. The molecule has 0 aliphatic carbocycles. The first-order valence-corrected chi connectivity index (χ1v) is 12.2. The minimum atomic E-state index is -0.646. The molecule has 37 heavy (non-hydrogen) atoms. The van der Waals surface area contributed by atoms with Gasteiger partial charge in [-0.3, -0.25) is 14.5 Å². The van der Waals surface area contributed by atoms with E-state index in [4.69, 9.17) is 33.8 Å². The van der Waals surface area contributed by atoms with E-state index in [-0.39, 0.29) is 25.0 Å². The summed E-state index contributed by atoms with van der Waals surface area (Å²) in [6, 6.07) is 10.3. The van der Waals surface area contributed by atoms with Crippen molar-refractivity contribution in [2.24, 2.45) is 10.8 Å². The van der Waals surface area contributed by atoms with E-state index in [1.54, 1.807) is 43.3 Å². The van der Waals surface area contributed by atoms with E-state index in [0.717, 1.165) is 5.01 Å². The van der Waals surface area contributed by atoms with Crippen LogP contribution in [0, 0.1) is 0 Å². The average Bonchev–Trinajstić information content (AvgIpc) is 2.83. The van der Waals surface area contributed by atoms with E-state index in [9.17, 15) is 14.4 Å². The molecule has 0 unspecified atom stereocenters. The predicted octanol–water partition coefficient (Wildman–Crippen LogP) is 4.65. The average molecular weight is 552 g/mol. The van der Waals surface area contributed by atoms with Crippen LogP contribution in [0.5, 0.6) is 5.75 Å². The van der Waals surface area contributed by atoms with Crippen LogP contribution in [-0.2, 0) is 20.9 Å². The molecule has 3 N–H and O–H groups in total. The molecule has 0 aliphatic rings. The molecule has 200 valence electrons. The van der Waals surface area contributed by atoms with E-state index >= 15 is 0 Å². The monoisotopic (exact) mass is 551 g/mol. The van der Waals surface area contributed by atoms with Gasteiger partial charge in [-0.05, 0) is 56.7 Å². The number of halogens is 2. The van der Waals surface area contributed by atoms with Crippen molar-refractivity contribution >= 4 is 52.8 Å². The van der Waals surface area contributed by atoms with E-state index in [2.05, 4.69) is 15.0 Å². The van der Waals surface area contributed by atoms with Crippen molar-refractivity contribution in [1.29, 1.82) is 0 Å². The second-order valence-corrected chi connectivity index (χ2v) is 9.27. The minimum Gasteiger partial charge on any atom is -0.489 e. The number of carbonyl (C=O) groups excluding carboxylic acids is 3. The lowest BCUT2D eigenvalue weighted by molar-refractivity contribution is -0.141. The summed E-state index contributed by atoms with van der Waals surface area (Å²) in [7, 11) is 1.26. The number of carbonyl (C=O) groups is 3. The highest BCUT2D eigenvalue weighted by molar-refractivity contribution is 6.32. The molecule has 12 heteroatoms. The highest BCUT2D eigenvalue weighted by Crippen LogP contribution is 2.30. The molecule has 0 saturated carbocycles. The van der Waals surface area contributed by atoms with Crippen molar-refractivity contribution in [3.63, 3.8) is 0 Å². The van der Waals surface area contributed by atoms with Crippen molar-refractivity contribution in [3.05, 3.63) is 58.1 Å². The summed E-state index contributed by atoms with van der Waals surface area (Å²) in [6.07, 6.45) is -0.152. The van der Waals surface area contributed by atoms with Crippen LogP contribution in [0.15, 0.2) is 47.5 Å². The van der Waals surface area contributed by atoms with Crippen LogP contribution in [0.25, 0.3) is 0 Å². The second kappa shape index (κ2) is 13.8. The maximum absolute atomic E-state index is 13.4. The molecular weight excluding hydrogens is 521 g/mol. The Labute approximate surface area is 226 Å². The molecule has 0 radical (unpaired) electrons. The number of urea groups is 1.